The molecule has 0 amide bonds. The predicted molar refractivity (Wildman–Crippen MR) is 67.3 cm³/mol. The van der Waals surface area contributed by atoms with Gasteiger partial charge in [-0.25, -0.2) is 0 Å². The molecule has 1 saturated carbocycles. The summed E-state index contributed by atoms with van der Waals surface area (Å²) in [6.45, 7) is 0.685. The Morgan fingerprint density at radius 3 is 2.76 bits per heavy atom. The summed E-state index contributed by atoms with van der Waals surface area (Å²) < 4.78 is 6.27. The highest BCUT2D eigenvalue weighted by Gasteiger charge is 2.21. The molecule has 0 spiro atoms. The number of halogens is 1. The van der Waals surface area contributed by atoms with Gasteiger partial charge >= 0.3 is 0 Å². The second-order valence-electron chi connectivity index (χ2n) is 4.18. The average Bonchev–Trinajstić information content (AvgIpc) is 3.06. The van der Waals surface area contributed by atoms with E-state index in [1.807, 2.05) is 24.3 Å². The van der Waals surface area contributed by atoms with Crippen LogP contribution in [0.2, 0.25) is 0 Å². The van der Waals surface area contributed by atoms with Crippen molar-refractivity contribution in [2.24, 2.45) is 0 Å². The molecule has 5 heteroatoms. The van der Waals surface area contributed by atoms with Crippen molar-refractivity contribution in [1.82, 2.24) is 15.5 Å². The molecule has 0 radical (unpaired) electrons. The van der Waals surface area contributed by atoms with E-state index in [-0.39, 0.29) is 0 Å². The van der Waals surface area contributed by atoms with Crippen molar-refractivity contribution in [3.63, 3.8) is 0 Å². The maximum absolute atomic E-state index is 5.23. The molecule has 1 aliphatic carbocycles. The lowest BCUT2D eigenvalue weighted by Gasteiger charge is -1.95. The Balaban J connectivity index is 1.72. The lowest BCUT2D eigenvalue weighted by atomic mass is 10.2. The molecule has 88 valence electrons. The first-order valence-corrected chi connectivity index (χ1v) is 6.42. The molecule has 0 bridgehead atoms. The molecule has 1 N–H and O–H groups in total. The normalized spacial score (nSPS) is 15.1. The molecular formula is C12H12BrN3O. The van der Waals surface area contributed by atoms with E-state index in [0.717, 1.165) is 15.9 Å². The van der Waals surface area contributed by atoms with Crippen LogP contribution in [0.25, 0.3) is 11.5 Å². The Hall–Kier alpha value is -1.20. The highest BCUT2D eigenvalue weighted by molar-refractivity contribution is 9.10. The average molecular weight is 294 g/mol. The van der Waals surface area contributed by atoms with Crippen molar-refractivity contribution in [2.45, 2.75) is 25.4 Å². The van der Waals surface area contributed by atoms with E-state index in [1.54, 1.807) is 0 Å². The third kappa shape index (κ3) is 2.73. The molecule has 1 fully saturated rings. The van der Waals surface area contributed by atoms with Gasteiger partial charge in [0.1, 0.15) is 0 Å². The predicted octanol–water partition coefficient (Wildman–Crippen LogP) is 2.75. The van der Waals surface area contributed by atoms with Gasteiger partial charge in [0.15, 0.2) is 5.82 Å². The maximum Gasteiger partial charge on any atom is 0.257 e. The third-order valence-corrected chi connectivity index (χ3v) is 3.21. The largest absolute Gasteiger partial charge is 0.334 e. The van der Waals surface area contributed by atoms with Gasteiger partial charge in [0.2, 0.25) is 0 Å². The summed E-state index contributed by atoms with van der Waals surface area (Å²) in [5, 5.41) is 7.31. The molecule has 3 rings (SSSR count). The summed E-state index contributed by atoms with van der Waals surface area (Å²) in [5.74, 6) is 1.29. The highest BCUT2D eigenvalue weighted by atomic mass is 79.9. The van der Waals surface area contributed by atoms with Crippen molar-refractivity contribution in [1.29, 1.82) is 0 Å². The van der Waals surface area contributed by atoms with Crippen LogP contribution in [0.1, 0.15) is 18.7 Å². The van der Waals surface area contributed by atoms with Gasteiger partial charge in [0.05, 0.1) is 6.54 Å². The Morgan fingerprint density at radius 1 is 1.29 bits per heavy atom. The maximum atomic E-state index is 5.23. The quantitative estimate of drug-likeness (QED) is 0.942. The molecule has 17 heavy (non-hydrogen) atoms. The molecule has 1 heterocycles. The fourth-order valence-corrected chi connectivity index (χ4v) is 1.82. The second kappa shape index (κ2) is 4.58. The molecule has 1 aliphatic rings. The number of benzene rings is 1. The first-order chi connectivity index (χ1) is 8.31. The fourth-order valence-electron chi connectivity index (χ4n) is 1.56. The van der Waals surface area contributed by atoms with Crippen LogP contribution in [0, 0.1) is 0 Å². The number of nitrogens with zero attached hydrogens (tertiary/aromatic N) is 2. The van der Waals surface area contributed by atoms with Crippen LogP contribution in [0.3, 0.4) is 0 Å². The van der Waals surface area contributed by atoms with Crippen molar-refractivity contribution in [3.05, 3.63) is 34.6 Å². The number of hydrogen-bond donors (Lipinski definition) is 1. The highest BCUT2D eigenvalue weighted by Crippen LogP contribution is 2.21. The summed E-state index contributed by atoms with van der Waals surface area (Å²) in [4.78, 5) is 4.35. The van der Waals surface area contributed by atoms with Crippen molar-refractivity contribution in [3.8, 4) is 11.5 Å². The van der Waals surface area contributed by atoms with E-state index in [4.69, 9.17) is 4.52 Å². The Labute approximate surface area is 108 Å². The van der Waals surface area contributed by atoms with Crippen LogP contribution in [0.4, 0.5) is 0 Å². The third-order valence-electron chi connectivity index (χ3n) is 2.69. The number of hydrogen-bond acceptors (Lipinski definition) is 4. The van der Waals surface area contributed by atoms with Crippen LogP contribution < -0.4 is 5.32 Å². The summed E-state index contributed by atoms with van der Waals surface area (Å²) in [6.07, 6.45) is 2.52. The lowest BCUT2D eigenvalue weighted by molar-refractivity contribution is 0.419. The van der Waals surface area contributed by atoms with Gasteiger partial charge in [-0.3, -0.25) is 0 Å². The number of aromatic nitrogens is 2. The summed E-state index contributed by atoms with van der Waals surface area (Å²) in [5.41, 5.74) is 0.943. The molecule has 0 atom stereocenters. The molecule has 2 aromatic rings. The van der Waals surface area contributed by atoms with Gasteiger partial charge < -0.3 is 9.84 Å². The van der Waals surface area contributed by atoms with Crippen LogP contribution >= 0.6 is 15.9 Å². The standard InChI is InChI=1S/C12H12BrN3O/c13-9-3-1-8(2-4-9)12-15-11(16-17-12)7-14-10-5-6-10/h1-4,10,14H,5-7H2. The van der Waals surface area contributed by atoms with E-state index in [0.29, 0.717) is 18.5 Å². The van der Waals surface area contributed by atoms with E-state index in [1.165, 1.54) is 12.8 Å². The first kappa shape index (κ1) is 10.9. The molecule has 0 unspecified atom stereocenters. The number of nitrogens with one attached hydrogen (secondary N) is 1. The molecular weight excluding hydrogens is 282 g/mol. The van der Waals surface area contributed by atoms with E-state index >= 15 is 0 Å². The molecule has 0 saturated heterocycles. The van der Waals surface area contributed by atoms with Crippen LogP contribution in [0.5, 0.6) is 0 Å². The summed E-state index contributed by atoms with van der Waals surface area (Å²) in [6, 6.07) is 8.49. The van der Waals surface area contributed by atoms with Crippen LogP contribution in [-0.2, 0) is 6.54 Å². The molecule has 1 aromatic heterocycles. The SMILES string of the molecule is Brc1ccc(-c2nc(CNC3CC3)no2)cc1. The van der Waals surface area contributed by atoms with E-state index in [9.17, 15) is 0 Å². The van der Waals surface area contributed by atoms with Gasteiger partial charge in [-0.15, -0.1) is 0 Å². The summed E-state index contributed by atoms with van der Waals surface area (Å²) in [7, 11) is 0. The topological polar surface area (TPSA) is 51.0 Å². The van der Waals surface area contributed by atoms with Crippen LogP contribution in [-0.4, -0.2) is 16.2 Å². The molecule has 0 aliphatic heterocycles. The van der Waals surface area contributed by atoms with E-state index < -0.39 is 0 Å². The zero-order valence-electron chi connectivity index (χ0n) is 9.19. The van der Waals surface area contributed by atoms with Crippen molar-refractivity contribution >= 4 is 15.9 Å². The minimum Gasteiger partial charge on any atom is -0.334 e. The van der Waals surface area contributed by atoms with Crippen LogP contribution in [0.15, 0.2) is 33.3 Å². The van der Waals surface area contributed by atoms with Gasteiger partial charge in [-0.1, -0.05) is 21.1 Å². The Bertz CT molecular complexity index is 505. The minimum atomic E-state index is 0.574. The van der Waals surface area contributed by atoms with Crippen molar-refractivity contribution in [2.75, 3.05) is 0 Å². The van der Waals surface area contributed by atoms with Crippen molar-refractivity contribution < 1.29 is 4.52 Å². The molecule has 4 nitrogen and oxygen atoms in total. The van der Waals surface area contributed by atoms with Gasteiger partial charge in [0.25, 0.3) is 5.89 Å². The lowest BCUT2D eigenvalue weighted by Crippen LogP contribution is -2.16. The van der Waals surface area contributed by atoms with Gasteiger partial charge in [0, 0.05) is 16.1 Å². The Morgan fingerprint density at radius 2 is 2.06 bits per heavy atom. The first-order valence-electron chi connectivity index (χ1n) is 5.63. The number of rotatable bonds is 4. The summed E-state index contributed by atoms with van der Waals surface area (Å²) >= 11 is 3.39. The zero-order valence-corrected chi connectivity index (χ0v) is 10.8. The van der Waals surface area contributed by atoms with Gasteiger partial charge in [-0.2, -0.15) is 4.98 Å². The molecule has 1 aromatic carbocycles. The minimum absolute atomic E-state index is 0.574. The monoisotopic (exact) mass is 293 g/mol. The Kier molecular flexibility index (Phi) is 2.94. The smallest absolute Gasteiger partial charge is 0.257 e. The second-order valence-corrected chi connectivity index (χ2v) is 5.09. The fraction of sp³-hybridized carbons (Fsp3) is 0.333. The van der Waals surface area contributed by atoms with Gasteiger partial charge in [-0.05, 0) is 37.1 Å². The van der Waals surface area contributed by atoms with E-state index in [2.05, 4.69) is 31.4 Å². The zero-order chi connectivity index (χ0) is 11.7.